The Bertz CT molecular complexity index is 270. The minimum Gasteiger partial charge on any atom is -0.455 e. The van der Waals surface area contributed by atoms with Crippen LogP contribution in [0.3, 0.4) is 0 Å². The quantitative estimate of drug-likeness (QED) is 0.458. The predicted molar refractivity (Wildman–Crippen MR) is 52.8 cm³/mol. The van der Waals surface area contributed by atoms with E-state index in [4.69, 9.17) is 33.3 Å². The summed E-state index contributed by atoms with van der Waals surface area (Å²) in [6, 6.07) is 0. The molecule has 0 aromatic carbocycles. The number of ether oxygens (including phenoxy) is 2. The lowest BCUT2D eigenvalue weighted by molar-refractivity contribution is -0.0151. The molecular formula is C9H11ClO2S. The van der Waals surface area contributed by atoms with Crippen molar-refractivity contribution in [1.82, 2.24) is 0 Å². The average Bonchev–Trinajstić information content (AvgIpc) is 2.66. The van der Waals surface area contributed by atoms with Gasteiger partial charge in [0, 0.05) is 12.2 Å². The number of halogens is 1. The predicted octanol–water partition coefficient (Wildman–Crippen LogP) is 2.09. The zero-order chi connectivity index (χ0) is 9.05. The Labute approximate surface area is 87.5 Å². The van der Waals surface area contributed by atoms with Crippen molar-refractivity contribution < 1.29 is 9.47 Å². The van der Waals surface area contributed by atoms with Crippen LogP contribution in [0.4, 0.5) is 0 Å². The minimum atomic E-state index is -0.273. The first-order chi connectivity index (χ1) is 6.20. The maximum Gasteiger partial charge on any atom is 0.352 e. The van der Waals surface area contributed by atoms with Crippen molar-refractivity contribution in [2.75, 3.05) is 6.61 Å². The van der Waals surface area contributed by atoms with E-state index in [9.17, 15) is 0 Å². The van der Waals surface area contributed by atoms with E-state index in [0.29, 0.717) is 18.4 Å². The largest absolute Gasteiger partial charge is 0.455 e. The van der Waals surface area contributed by atoms with E-state index in [-0.39, 0.29) is 16.2 Å². The van der Waals surface area contributed by atoms with Gasteiger partial charge >= 0.3 is 5.24 Å². The summed E-state index contributed by atoms with van der Waals surface area (Å²) < 4.78 is 10.7. The first-order valence-electron chi connectivity index (χ1n) is 4.72. The summed E-state index contributed by atoms with van der Waals surface area (Å²) in [6.45, 7) is 0.541. The van der Waals surface area contributed by atoms with Crippen LogP contribution in [0.15, 0.2) is 0 Å². The van der Waals surface area contributed by atoms with Crippen molar-refractivity contribution in [3.63, 3.8) is 0 Å². The molecule has 0 aromatic heterocycles. The third kappa shape index (κ3) is 0.975. The van der Waals surface area contributed by atoms with E-state index in [0.717, 1.165) is 0 Å². The fourth-order valence-electron chi connectivity index (χ4n) is 3.05. The third-order valence-corrected chi connectivity index (χ3v) is 4.53. The van der Waals surface area contributed by atoms with Crippen LogP contribution in [-0.4, -0.2) is 22.8 Å². The Balaban J connectivity index is 1.94. The minimum absolute atomic E-state index is 0.120. The Kier molecular flexibility index (Phi) is 1.60. The average molecular weight is 219 g/mol. The van der Waals surface area contributed by atoms with Gasteiger partial charge in [-0.05, 0) is 31.1 Å². The summed E-state index contributed by atoms with van der Waals surface area (Å²) in [7, 11) is 0. The number of rotatable bonds is 0. The first kappa shape index (κ1) is 8.30. The van der Waals surface area contributed by atoms with Gasteiger partial charge in [-0.3, -0.25) is 0 Å². The number of hydrogen-bond acceptors (Lipinski definition) is 3. The molecule has 0 aromatic rings. The topological polar surface area (TPSA) is 18.5 Å². The molecule has 1 aliphatic heterocycles. The standard InChI is InChI=1S/C9H11ClO2S/c10-9-4-11-8(13)12-7(9)5-1-2-6(9)3-5/h5-7H,1-4H2/t5-,6+,7-,9-/m0/s1. The summed E-state index contributed by atoms with van der Waals surface area (Å²) in [5.74, 6) is 1.19. The summed E-state index contributed by atoms with van der Waals surface area (Å²) in [5, 5.41) is 0.286. The van der Waals surface area contributed by atoms with Crippen LogP contribution in [0.25, 0.3) is 0 Å². The van der Waals surface area contributed by atoms with Gasteiger partial charge < -0.3 is 9.47 Å². The molecule has 13 heavy (non-hydrogen) atoms. The molecular weight excluding hydrogens is 208 g/mol. The van der Waals surface area contributed by atoms with Gasteiger partial charge in [-0.15, -0.1) is 11.6 Å². The van der Waals surface area contributed by atoms with Crippen molar-refractivity contribution in [2.24, 2.45) is 11.8 Å². The molecule has 72 valence electrons. The molecule has 2 saturated carbocycles. The monoisotopic (exact) mass is 218 g/mol. The summed E-state index contributed by atoms with van der Waals surface area (Å²) in [4.78, 5) is -0.273. The van der Waals surface area contributed by atoms with Gasteiger partial charge in [-0.25, -0.2) is 0 Å². The molecule has 4 heteroatoms. The lowest BCUT2D eigenvalue weighted by Gasteiger charge is -2.41. The fraction of sp³-hybridized carbons (Fsp3) is 0.889. The van der Waals surface area contributed by atoms with Crippen molar-refractivity contribution in [2.45, 2.75) is 30.2 Å². The van der Waals surface area contributed by atoms with Crippen molar-refractivity contribution >= 4 is 29.1 Å². The zero-order valence-electron chi connectivity index (χ0n) is 7.16. The van der Waals surface area contributed by atoms with Gasteiger partial charge in [-0.2, -0.15) is 0 Å². The molecule has 0 unspecified atom stereocenters. The summed E-state index contributed by atoms with van der Waals surface area (Å²) >= 11 is 11.4. The second-order valence-corrected chi connectivity index (χ2v) is 5.31. The Morgan fingerprint density at radius 2 is 2.31 bits per heavy atom. The lowest BCUT2D eigenvalue weighted by atomic mass is 9.85. The van der Waals surface area contributed by atoms with Crippen molar-refractivity contribution in [3.05, 3.63) is 0 Å². The Morgan fingerprint density at radius 3 is 3.15 bits per heavy atom. The molecule has 2 nitrogen and oxygen atoms in total. The van der Waals surface area contributed by atoms with Gasteiger partial charge in [-0.1, -0.05) is 0 Å². The van der Waals surface area contributed by atoms with Crippen molar-refractivity contribution in [1.29, 1.82) is 0 Å². The van der Waals surface area contributed by atoms with Gasteiger partial charge in [0.25, 0.3) is 0 Å². The number of hydrogen-bond donors (Lipinski definition) is 0. The molecule has 1 heterocycles. The van der Waals surface area contributed by atoms with Gasteiger partial charge in [0.2, 0.25) is 0 Å². The Morgan fingerprint density at radius 1 is 1.46 bits per heavy atom. The highest BCUT2D eigenvalue weighted by Gasteiger charge is 2.61. The molecule has 4 atom stereocenters. The highest BCUT2D eigenvalue weighted by Crippen LogP contribution is 2.56. The molecule has 0 N–H and O–H groups in total. The normalized spacial score (nSPS) is 52.7. The first-order valence-corrected chi connectivity index (χ1v) is 5.51. The van der Waals surface area contributed by atoms with Crippen LogP contribution in [-0.2, 0) is 9.47 Å². The molecule has 3 fully saturated rings. The molecule has 1 saturated heterocycles. The molecule has 2 bridgehead atoms. The number of fused-ring (bicyclic) bond motifs is 5. The molecule has 0 spiro atoms. The zero-order valence-corrected chi connectivity index (χ0v) is 8.74. The van der Waals surface area contributed by atoms with Gasteiger partial charge in [0.15, 0.2) is 0 Å². The maximum atomic E-state index is 6.52. The van der Waals surface area contributed by atoms with E-state index in [2.05, 4.69) is 0 Å². The maximum absolute atomic E-state index is 6.52. The second kappa shape index (κ2) is 2.51. The van der Waals surface area contributed by atoms with Crippen LogP contribution in [0.2, 0.25) is 0 Å². The smallest absolute Gasteiger partial charge is 0.352 e. The van der Waals surface area contributed by atoms with E-state index < -0.39 is 0 Å². The van der Waals surface area contributed by atoms with E-state index in [1.165, 1.54) is 19.3 Å². The van der Waals surface area contributed by atoms with Gasteiger partial charge in [0.1, 0.15) is 17.6 Å². The molecule has 0 radical (unpaired) electrons. The SMILES string of the molecule is S=C1OC[C@]2(Cl)[C@@H]3CC[C@@H](C3)[C@@H]2O1. The number of thiocarbonyl (C=S) groups is 1. The second-order valence-electron chi connectivity index (χ2n) is 4.27. The molecule has 3 rings (SSSR count). The Hall–Kier alpha value is -0.0200. The van der Waals surface area contributed by atoms with Crippen LogP contribution in [0.5, 0.6) is 0 Å². The van der Waals surface area contributed by atoms with E-state index in [1.54, 1.807) is 0 Å². The highest BCUT2D eigenvalue weighted by atomic mass is 35.5. The lowest BCUT2D eigenvalue weighted by Crippen LogP contribution is -2.52. The molecule has 2 aliphatic carbocycles. The number of alkyl halides is 1. The van der Waals surface area contributed by atoms with Crippen molar-refractivity contribution in [3.8, 4) is 0 Å². The molecule has 0 amide bonds. The molecule has 3 aliphatic rings. The highest BCUT2D eigenvalue weighted by molar-refractivity contribution is 7.79. The van der Waals surface area contributed by atoms with Crippen LogP contribution >= 0.6 is 23.8 Å². The van der Waals surface area contributed by atoms with Crippen LogP contribution in [0.1, 0.15) is 19.3 Å². The van der Waals surface area contributed by atoms with Gasteiger partial charge in [0.05, 0.1) is 0 Å². The summed E-state index contributed by atoms with van der Waals surface area (Å²) in [5.41, 5.74) is 0. The van der Waals surface area contributed by atoms with E-state index in [1.807, 2.05) is 0 Å². The third-order valence-electron chi connectivity index (χ3n) is 3.69. The van der Waals surface area contributed by atoms with E-state index >= 15 is 0 Å². The summed E-state index contributed by atoms with van der Waals surface area (Å²) in [6.07, 6.45) is 3.78. The van der Waals surface area contributed by atoms with Crippen LogP contribution in [0, 0.1) is 11.8 Å². The van der Waals surface area contributed by atoms with Crippen LogP contribution < -0.4 is 0 Å². The fourth-order valence-corrected chi connectivity index (χ4v) is 3.69.